The Hall–Kier alpha value is -0.860. The van der Waals surface area contributed by atoms with Crippen LogP contribution in [0.25, 0.3) is 0 Å². The van der Waals surface area contributed by atoms with E-state index in [1.54, 1.807) is 16.9 Å². The van der Waals surface area contributed by atoms with Crippen molar-refractivity contribution in [2.45, 2.75) is 26.6 Å². The topological polar surface area (TPSA) is 17.8 Å². The van der Waals surface area contributed by atoms with Crippen molar-refractivity contribution in [3.05, 3.63) is 18.0 Å². The lowest BCUT2D eigenvalue weighted by Crippen LogP contribution is -2.05. The summed E-state index contributed by atoms with van der Waals surface area (Å²) in [6.45, 7) is 3.52. The third-order valence-corrected chi connectivity index (χ3v) is 1.38. The van der Waals surface area contributed by atoms with Crippen LogP contribution >= 0.6 is 0 Å². The van der Waals surface area contributed by atoms with E-state index >= 15 is 0 Å². The van der Waals surface area contributed by atoms with Crippen molar-refractivity contribution in [2.24, 2.45) is 0 Å². The molecule has 56 valence electrons. The first-order valence-electron chi connectivity index (χ1n) is 3.34. The van der Waals surface area contributed by atoms with Gasteiger partial charge in [-0.2, -0.15) is 5.10 Å². The van der Waals surface area contributed by atoms with Gasteiger partial charge in [-0.1, -0.05) is 0 Å². The van der Waals surface area contributed by atoms with Gasteiger partial charge in [0.05, 0.1) is 5.69 Å². The van der Waals surface area contributed by atoms with E-state index in [4.69, 9.17) is 0 Å². The maximum atomic E-state index is 12.1. The predicted octanol–water partition coefficient (Wildman–Crippen LogP) is 1.93. The number of nitrogens with zero attached hydrogens (tertiary/aromatic N) is 2. The van der Waals surface area contributed by atoms with Crippen molar-refractivity contribution in [3.63, 3.8) is 0 Å². The fourth-order valence-corrected chi connectivity index (χ4v) is 0.912. The van der Waals surface area contributed by atoms with E-state index in [0.29, 0.717) is 5.69 Å². The molecule has 0 aliphatic carbocycles. The van der Waals surface area contributed by atoms with Crippen LogP contribution in [-0.4, -0.2) is 9.78 Å². The molecule has 0 atom stereocenters. The second kappa shape index (κ2) is 2.82. The molecule has 0 radical (unpaired) electrons. The highest BCUT2D eigenvalue weighted by atomic mass is 19.1. The maximum absolute atomic E-state index is 12.1. The lowest BCUT2D eigenvalue weighted by Gasteiger charge is -2.07. The van der Waals surface area contributed by atoms with Gasteiger partial charge in [0, 0.05) is 12.2 Å². The first-order valence-corrected chi connectivity index (χ1v) is 3.34. The van der Waals surface area contributed by atoms with Crippen LogP contribution in [0, 0.1) is 0 Å². The minimum absolute atomic E-state index is 0.251. The van der Waals surface area contributed by atoms with Crippen molar-refractivity contribution >= 4 is 0 Å². The minimum atomic E-state index is -0.432. The molecule has 0 unspecified atom stereocenters. The molecule has 0 N–H and O–H groups in total. The largest absolute Gasteiger partial charge is 0.264 e. The summed E-state index contributed by atoms with van der Waals surface area (Å²) in [5.74, 6) is 0. The average molecular weight is 142 g/mol. The molecule has 0 fully saturated rings. The minimum Gasteiger partial charge on any atom is -0.264 e. The Balaban J connectivity index is 2.90. The normalized spacial score (nSPS) is 10.8. The van der Waals surface area contributed by atoms with Gasteiger partial charge in [-0.15, -0.1) is 0 Å². The molecule has 0 spiro atoms. The highest BCUT2D eigenvalue weighted by molar-refractivity contribution is 4.99. The molecule has 1 aromatic rings. The monoisotopic (exact) mass is 142 g/mol. The zero-order valence-corrected chi connectivity index (χ0v) is 6.21. The molecule has 2 nitrogen and oxygen atoms in total. The summed E-state index contributed by atoms with van der Waals surface area (Å²) < 4.78 is 13.8. The lowest BCUT2D eigenvalue weighted by molar-refractivity contribution is 0.423. The third-order valence-electron chi connectivity index (χ3n) is 1.38. The van der Waals surface area contributed by atoms with Crippen molar-refractivity contribution in [1.29, 1.82) is 0 Å². The smallest absolute Gasteiger partial charge is 0.131 e. The predicted molar refractivity (Wildman–Crippen MR) is 37.4 cm³/mol. The molecule has 0 aliphatic rings. The molecule has 0 bridgehead atoms. The van der Waals surface area contributed by atoms with Crippen LogP contribution < -0.4 is 0 Å². The van der Waals surface area contributed by atoms with Crippen molar-refractivity contribution in [3.8, 4) is 0 Å². The molecule has 0 amide bonds. The molecule has 3 heteroatoms. The fourth-order valence-electron chi connectivity index (χ4n) is 0.912. The van der Waals surface area contributed by atoms with Crippen LogP contribution in [0.1, 0.15) is 25.6 Å². The van der Waals surface area contributed by atoms with Crippen molar-refractivity contribution in [2.75, 3.05) is 0 Å². The van der Waals surface area contributed by atoms with Crippen LogP contribution in [0.5, 0.6) is 0 Å². The number of alkyl halides is 1. The Labute approximate surface area is 59.7 Å². The summed E-state index contributed by atoms with van der Waals surface area (Å²) >= 11 is 0. The van der Waals surface area contributed by atoms with E-state index in [2.05, 4.69) is 5.10 Å². The molecule has 1 aromatic heterocycles. The van der Waals surface area contributed by atoms with Gasteiger partial charge in [0.1, 0.15) is 6.67 Å². The van der Waals surface area contributed by atoms with E-state index < -0.39 is 6.67 Å². The molecular formula is C7H11FN2. The number of rotatable bonds is 2. The van der Waals surface area contributed by atoms with Crippen molar-refractivity contribution < 1.29 is 4.39 Å². The summed E-state index contributed by atoms with van der Waals surface area (Å²) in [5.41, 5.74) is 0.648. The Bertz CT molecular complexity index is 205. The average Bonchev–Trinajstić information content (AvgIpc) is 2.33. The molecule has 1 heterocycles. The molecule has 0 saturated heterocycles. The summed E-state index contributed by atoms with van der Waals surface area (Å²) in [5, 5.41) is 3.96. The van der Waals surface area contributed by atoms with Gasteiger partial charge < -0.3 is 0 Å². The quantitative estimate of drug-likeness (QED) is 0.617. The number of aromatic nitrogens is 2. The second-order valence-corrected chi connectivity index (χ2v) is 2.49. The molecule has 0 aliphatic heterocycles. The Kier molecular flexibility index (Phi) is 2.04. The summed E-state index contributed by atoms with van der Waals surface area (Å²) in [6, 6.07) is 1.95. The van der Waals surface area contributed by atoms with Crippen LogP contribution in [0.4, 0.5) is 4.39 Å². The van der Waals surface area contributed by atoms with Crippen LogP contribution in [0.2, 0.25) is 0 Å². The highest BCUT2D eigenvalue weighted by Crippen LogP contribution is 2.08. The van der Waals surface area contributed by atoms with Gasteiger partial charge >= 0.3 is 0 Å². The highest BCUT2D eigenvalue weighted by Gasteiger charge is 2.03. The first kappa shape index (κ1) is 7.25. The lowest BCUT2D eigenvalue weighted by atomic mass is 10.4. The van der Waals surface area contributed by atoms with Crippen molar-refractivity contribution in [1.82, 2.24) is 9.78 Å². The Morgan fingerprint density at radius 2 is 2.40 bits per heavy atom. The van der Waals surface area contributed by atoms with Crippen LogP contribution in [-0.2, 0) is 6.67 Å². The molecule has 10 heavy (non-hydrogen) atoms. The van der Waals surface area contributed by atoms with Gasteiger partial charge in [-0.05, 0) is 19.9 Å². The first-order chi connectivity index (χ1) is 4.75. The van der Waals surface area contributed by atoms with E-state index in [-0.39, 0.29) is 6.04 Å². The van der Waals surface area contributed by atoms with Crippen LogP contribution in [0.3, 0.4) is 0 Å². The number of hydrogen-bond donors (Lipinski definition) is 0. The Morgan fingerprint density at radius 3 is 2.80 bits per heavy atom. The van der Waals surface area contributed by atoms with Gasteiger partial charge in [0.25, 0.3) is 0 Å². The zero-order valence-electron chi connectivity index (χ0n) is 6.21. The zero-order chi connectivity index (χ0) is 7.56. The van der Waals surface area contributed by atoms with Gasteiger partial charge in [-0.3, -0.25) is 4.68 Å². The fraction of sp³-hybridized carbons (Fsp3) is 0.571. The van der Waals surface area contributed by atoms with E-state index in [9.17, 15) is 4.39 Å². The number of halogens is 1. The SMILES string of the molecule is CC(C)n1nccc1CF. The summed E-state index contributed by atoms with van der Waals surface area (Å²) in [4.78, 5) is 0. The second-order valence-electron chi connectivity index (χ2n) is 2.49. The third kappa shape index (κ3) is 1.17. The molecule has 0 saturated carbocycles. The molecule has 1 rings (SSSR count). The molecular weight excluding hydrogens is 131 g/mol. The summed E-state index contributed by atoms with van der Waals surface area (Å²) in [7, 11) is 0. The van der Waals surface area contributed by atoms with Crippen LogP contribution in [0.15, 0.2) is 12.3 Å². The maximum Gasteiger partial charge on any atom is 0.131 e. The van der Waals surface area contributed by atoms with Gasteiger partial charge in [0.15, 0.2) is 0 Å². The van der Waals surface area contributed by atoms with Gasteiger partial charge in [0.2, 0.25) is 0 Å². The van der Waals surface area contributed by atoms with E-state index in [1.807, 2.05) is 13.8 Å². The number of hydrogen-bond acceptors (Lipinski definition) is 1. The Morgan fingerprint density at radius 1 is 1.70 bits per heavy atom. The van der Waals surface area contributed by atoms with E-state index in [0.717, 1.165) is 0 Å². The summed E-state index contributed by atoms with van der Waals surface area (Å²) in [6.07, 6.45) is 1.62. The van der Waals surface area contributed by atoms with Gasteiger partial charge in [-0.25, -0.2) is 4.39 Å². The van der Waals surface area contributed by atoms with E-state index in [1.165, 1.54) is 0 Å². The molecule has 0 aromatic carbocycles. The standard InChI is InChI=1S/C7H11FN2/c1-6(2)10-7(5-8)3-4-9-10/h3-4,6H,5H2,1-2H3.